The number of carbonyl (C=O) groups is 2. The van der Waals surface area contributed by atoms with Crippen LogP contribution >= 0.6 is 11.8 Å². The molecule has 0 bridgehead atoms. The summed E-state index contributed by atoms with van der Waals surface area (Å²) in [5.41, 5.74) is 2.16. The number of nitrogens with zero attached hydrogens (tertiary/aromatic N) is 4. The summed E-state index contributed by atoms with van der Waals surface area (Å²) in [5.74, 6) is 1.27. The van der Waals surface area contributed by atoms with Gasteiger partial charge >= 0.3 is 0 Å². The molecule has 3 heterocycles. The van der Waals surface area contributed by atoms with E-state index in [2.05, 4.69) is 18.1 Å². The maximum Gasteiger partial charge on any atom is 0.242 e. The van der Waals surface area contributed by atoms with Gasteiger partial charge in [-0.2, -0.15) is 5.10 Å². The van der Waals surface area contributed by atoms with Crippen LogP contribution in [0.4, 0.5) is 0 Å². The molecule has 0 spiro atoms. The van der Waals surface area contributed by atoms with E-state index in [9.17, 15) is 9.59 Å². The van der Waals surface area contributed by atoms with Crippen LogP contribution in [0.15, 0.2) is 6.07 Å². The van der Waals surface area contributed by atoms with Gasteiger partial charge in [0.1, 0.15) is 6.54 Å². The lowest BCUT2D eigenvalue weighted by Gasteiger charge is -2.34. The van der Waals surface area contributed by atoms with Crippen molar-refractivity contribution in [3.8, 4) is 0 Å². The molecule has 1 aromatic heterocycles. The van der Waals surface area contributed by atoms with E-state index in [0.29, 0.717) is 18.2 Å². The average Bonchev–Trinajstić information content (AvgIpc) is 3.05. The molecule has 2 amide bonds. The van der Waals surface area contributed by atoms with Crippen molar-refractivity contribution in [2.75, 3.05) is 31.3 Å². The van der Waals surface area contributed by atoms with Gasteiger partial charge in [0.15, 0.2) is 0 Å². The van der Waals surface area contributed by atoms with E-state index in [1.165, 1.54) is 0 Å². The lowest BCUT2D eigenvalue weighted by molar-refractivity contribution is -0.139. The molecular weight excluding hydrogens is 300 g/mol. The number of amides is 2. The van der Waals surface area contributed by atoms with E-state index in [0.717, 1.165) is 30.8 Å². The van der Waals surface area contributed by atoms with Gasteiger partial charge in [-0.25, -0.2) is 0 Å². The van der Waals surface area contributed by atoms with Crippen molar-refractivity contribution in [3.63, 3.8) is 0 Å². The summed E-state index contributed by atoms with van der Waals surface area (Å²) in [6.07, 6.45) is 2.03. The third-order valence-corrected chi connectivity index (χ3v) is 5.24. The molecule has 6 nitrogen and oxygen atoms in total. The van der Waals surface area contributed by atoms with Gasteiger partial charge < -0.3 is 9.80 Å². The Hall–Kier alpha value is -1.50. The second kappa shape index (κ2) is 6.32. The summed E-state index contributed by atoms with van der Waals surface area (Å²) in [4.78, 5) is 27.6. The zero-order valence-electron chi connectivity index (χ0n) is 13.1. The Morgan fingerprint density at radius 3 is 2.91 bits per heavy atom. The van der Waals surface area contributed by atoms with Gasteiger partial charge in [-0.1, -0.05) is 0 Å². The highest BCUT2D eigenvalue weighted by molar-refractivity contribution is 8.00. The smallest absolute Gasteiger partial charge is 0.242 e. The van der Waals surface area contributed by atoms with Gasteiger partial charge in [-0.15, -0.1) is 11.8 Å². The second-order valence-corrected chi connectivity index (χ2v) is 7.03. The highest BCUT2D eigenvalue weighted by atomic mass is 32.2. The molecule has 1 unspecified atom stereocenters. The largest absolute Gasteiger partial charge is 0.339 e. The molecule has 1 aromatic rings. The Morgan fingerprint density at radius 2 is 2.27 bits per heavy atom. The van der Waals surface area contributed by atoms with Crippen LogP contribution in [0.2, 0.25) is 0 Å². The van der Waals surface area contributed by atoms with E-state index in [-0.39, 0.29) is 24.4 Å². The molecule has 2 saturated heterocycles. The van der Waals surface area contributed by atoms with Gasteiger partial charge in [0.2, 0.25) is 11.8 Å². The molecule has 0 saturated carbocycles. The van der Waals surface area contributed by atoms with Crippen LogP contribution < -0.4 is 0 Å². The molecule has 3 rings (SSSR count). The number of hydrogen-bond acceptors (Lipinski definition) is 4. The monoisotopic (exact) mass is 322 g/mol. The Morgan fingerprint density at radius 1 is 1.45 bits per heavy atom. The van der Waals surface area contributed by atoms with Gasteiger partial charge in [0.25, 0.3) is 0 Å². The van der Waals surface area contributed by atoms with E-state index in [4.69, 9.17) is 0 Å². The number of likely N-dealkylation sites (tertiary alicyclic amines) is 1. The molecule has 7 heteroatoms. The predicted molar refractivity (Wildman–Crippen MR) is 85.6 cm³/mol. The molecule has 120 valence electrons. The van der Waals surface area contributed by atoms with Gasteiger partial charge in [-0.05, 0) is 32.8 Å². The molecule has 2 aliphatic heterocycles. The minimum Gasteiger partial charge on any atom is -0.339 e. The zero-order chi connectivity index (χ0) is 15.7. The third kappa shape index (κ3) is 3.14. The first kappa shape index (κ1) is 15.4. The fraction of sp³-hybridized carbons (Fsp3) is 0.667. The maximum absolute atomic E-state index is 12.5. The number of rotatable bonds is 3. The minimum absolute atomic E-state index is 0.0575. The molecular formula is C15H22N4O2S. The summed E-state index contributed by atoms with van der Waals surface area (Å²) < 4.78 is 2.05. The minimum atomic E-state index is 0.0575. The van der Waals surface area contributed by atoms with E-state index in [1.54, 1.807) is 16.7 Å². The van der Waals surface area contributed by atoms with Gasteiger partial charge in [0, 0.05) is 18.8 Å². The Balaban J connectivity index is 1.64. The van der Waals surface area contributed by atoms with E-state index in [1.807, 2.05) is 16.5 Å². The summed E-state index contributed by atoms with van der Waals surface area (Å²) in [5, 5.41) is 4.55. The normalized spacial score (nSPS) is 22.5. The van der Waals surface area contributed by atoms with E-state index >= 15 is 0 Å². The molecule has 0 N–H and O–H groups in total. The average molecular weight is 322 g/mol. The predicted octanol–water partition coefficient (Wildman–Crippen LogP) is 1.20. The Kier molecular flexibility index (Phi) is 4.42. The number of aryl methyl sites for hydroxylation is 2. The lowest BCUT2D eigenvalue weighted by atomic mass is 10.1. The first-order valence-corrected chi connectivity index (χ1v) is 8.86. The molecule has 0 radical (unpaired) electrons. The van der Waals surface area contributed by atoms with Crippen molar-refractivity contribution < 1.29 is 9.59 Å². The SMILES string of the molecule is Cc1cc(C)n(C2CCCN(C(=O)CN3CSCC3=O)C2)n1. The van der Waals surface area contributed by atoms with Gasteiger partial charge in [-0.3, -0.25) is 14.3 Å². The van der Waals surface area contributed by atoms with Crippen molar-refractivity contribution in [2.24, 2.45) is 0 Å². The van der Waals surface area contributed by atoms with Crippen LogP contribution in [0.1, 0.15) is 30.3 Å². The molecule has 0 aliphatic carbocycles. The van der Waals surface area contributed by atoms with Gasteiger partial charge in [0.05, 0.1) is 23.4 Å². The van der Waals surface area contributed by atoms with Crippen molar-refractivity contribution in [2.45, 2.75) is 32.7 Å². The van der Waals surface area contributed by atoms with Crippen molar-refractivity contribution in [1.29, 1.82) is 0 Å². The zero-order valence-corrected chi connectivity index (χ0v) is 13.9. The number of aromatic nitrogens is 2. The van der Waals surface area contributed by atoms with Crippen molar-refractivity contribution in [3.05, 3.63) is 17.5 Å². The van der Waals surface area contributed by atoms with Crippen LogP contribution in [-0.4, -0.2) is 62.7 Å². The van der Waals surface area contributed by atoms with Crippen LogP contribution in [0.3, 0.4) is 0 Å². The maximum atomic E-state index is 12.5. The quantitative estimate of drug-likeness (QED) is 0.839. The van der Waals surface area contributed by atoms with Crippen molar-refractivity contribution >= 4 is 23.6 Å². The molecule has 0 aromatic carbocycles. The lowest BCUT2D eigenvalue weighted by Crippen LogP contribution is -2.46. The highest BCUT2D eigenvalue weighted by Crippen LogP contribution is 2.23. The number of hydrogen-bond donors (Lipinski definition) is 0. The molecule has 2 fully saturated rings. The fourth-order valence-corrected chi connectivity index (χ4v) is 4.10. The Labute approximate surface area is 134 Å². The summed E-state index contributed by atoms with van der Waals surface area (Å²) in [6, 6.07) is 2.32. The highest BCUT2D eigenvalue weighted by Gasteiger charge is 2.29. The first-order valence-electron chi connectivity index (χ1n) is 7.70. The standard InChI is InChI=1S/C15H22N4O2S/c1-11-6-12(2)19(16-11)13-4-3-5-17(7-13)14(20)8-18-10-22-9-15(18)21/h6,13H,3-5,7-10H2,1-2H3. The summed E-state index contributed by atoms with van der Waals surface area (Å²) in [6.45, 7) is 5.74. The second-order valence-electron chi connectivity index (χ2n) is 6.08. The number of piperidine rings is 1. The van der Waals surface area contributed by atoms with Crippen LogP contribution in [0, 0.1) is 13.8 Å². The van der Waals surface area contributed by atoms with E-state index < -0.39 is 0 Å². The van der Waals surface area contributed by atoms with Crippen LogP contribution in [0.25, 0.3) is 0 Å². The van der Waals surface area contributed by atoms with Crippen LogP contribution in [0.5, 0.6) is 0 Å². The third-order valence-electron chi connectivity index (χ3n) is 4.29. The fourth-order valence-electron chi connectivity index (χ4n) is 3.20. The molecule has 2 aliphatic rings. The van der Waals surface area contributed by atoms with Crippen molar-refractivity contribution in [1.82, 2.24) is 19.6 Å². The number of carbonyl (C=O) groups excluding carboxylic acids is 2. The summed E-state index contributed by atoms with van der Waals surface area (Å²) >= 11 is 1.57. The summed E-state index contributed by atoms with van der Waals surface area (Å²) in [7, 11) is 0. The molecule has 22 heavy (non-hydrogen) atoms. The Bertz CT molecular complexity index is 586. The first-order chi connectivity index (χ1) is 10.5. The topological polar surface area (TPSA) is 58.4 Å². The molecule has 1 atom stereocenters. The number of thioether (sulfide) groups is 1. The van der Waals surface area contributed by atoms with Crippen LogP contribution in [-0.2, 0) is 9.59 Å².